The van der Waals surface area contributed by atoms with Crippen LogP contribution in [0, 0.1) is 18.3 Å². The van der Waals surface area contributed by atoms with Gasteiger partial charge in [0.2, 0.25) is 10.0 Å². The zero-order valence-corrected chi connectivity index (χ0v) is 17.4. The second-order valence-corrected chi connectivity index (χ2v) is 8.42. The molecule has 10 heteroatoms. The highest BCUT2D eigenvalue weighted by Gasteiger charge is 2.33. The van der Waals surface area contributed by atoms with Gasteiger partial charge in [0.25, 0.3) is 5.91 Å². The molecule has 0 atom stereocenters. The molecule has 32 heavy (non-hydrogen) atoms. The van der Waals surface area contributed by atoms with Crippen LogP contribution >= 0.6 is 0 Å². The third kappa shape index (κ3) is 4.80. The predicted octanol–water partition coefficient (Wildman–Crippen LogP) is 4.45. The molecule has 0 unspecified atom stereocenters. The van der Waals surface area contributed by atoms with Crippen molar-refractivity contribution in [2.24, 2.45) is 5.14 Å². The first kappa shape index (κ1) is 23.0. The quantitative estimate of drug-likeness (QED) is 0.600. The fraction of sp³-hybridized carbons (Fsp3) is 0.0909. The van der Waals surface area contributed by atoms with Crippen LogP contribution in [0.4, 0.5) is 18.9 Å². The number of anilines is 1. The summed E-state index contributed by atoms with van der Waals surface area (Å²) in [4.78, 5) is 12.4. The molecule has 6 nitrogen and oxygen atoms in total. The summed E-state index contributed by atoms with van der Waals surface area (Å²) in [7, 11) is -3.94. The van der Waals surface area contributed by atoms with Crippen LogP contribution in [0.5, 0.6) is 0 Å². The third-order valence-electron chi connectivity index (χ3n) is 4.66. The van der Waals surface area contributed by atoms with Crippen LogP contribution in [-0.2, 0) is 16.2 Å². The Bertz CT molecular complexity index is 1360. The molecule has 0 saturated heterocycles. The van der Waals surface area contributed by atoms with E-state index < -0.39 is 27.7 Å². The predicted molar refractivity (Wildman–Crippen MR) is 112 cm³/mol. The number of aryl methyl sites for hydroxylation is 1. The third-order valence-corrected chi connectivity index (χ3v) is 5.74. The van der Waals surface area contributed by atoms with Gasteiger partial charge in [-0.3, -0.25) is 4.79 Å². The number of nitrogens with one attached hydrogen (secondary N) is 1. The minimum absolute atomic E-state index is 0.0553. The van der Waals surface area contributed by atoms with Crippen LogP contribution < -0.4 is 10.5 Å². The van der Waals surface area contributed by atoms with Crippen molar-refractivity contribution in [2.75, 3.05) is 5.32 Å². The molecule has 0 aromatic heterocycles. The van der Waals surface area contributed by atoms with Gasteiger partial charge < -0.3 is 5.32 Å². The maximum atomic E-state index is 13.4. The van der Waals surface area contributed by atoms with Gasteiger partial charge in [-0.05, 0) is 54.4 Å². The number of alkyl halides is 3. The van der Waals surface area contributed by atoms with E-state index in [-0.39, 0.29) is 38.4 Å². The number of benzene rings is 3. The number of halogens is 3. The molecule has 164 valence electrons. The molecule has 0 bridgehead atoms. The highest BCUT2D eigenvalue weighted by atomic mass is 32.2. The fourth-order valence-corrected chi connectivity index (χ4v) is 3.99. The number of amides is 1. The van der Waals surface area contributed by atoms with Gasteiger partial charge in [-0.25, -0.2) is 13.6 Å². The molecule has 0 aliphatic heterocycles. The molecule has 0 aliphatic carbocycles. The molecular formula is C22H16F3N3O3S. The molecule has 0 spiro atoms. The second kappa shape index (κ2) is 8.45. The average Bonchev–Trinajstić information content (AvgIpc) is 2.72. The maximum Gasteiger partial charge on any atom is 0.417 e. The number of rotatable bonds is 4. The van der Waals surface area contributed by atoms with Crippen LogP contribution in [0.2, 0.25) is 0 Å². The number of nitriles is 1. The number of nitrogens with two attached hydrogens (primary N) is 1. The zero-order chi connectivity index (χ0) is 23.7. The Hall–Kier alpha value is -3.68. The van der Waals surface area contributed by atoms with Gasteiger partial charge in [0.15, 0.2) is 0 Å². The normalized spacial score (nSPS) is 11.6. The van der Waals surface area contributed by atoms with Crippen LogP contribution in [-0.4, -0.2) is 14.3 Å². The number of sulfonamides is 1. The molecule has 0 saturated carbocycles. The number of carbonyl (C=O) groups is 1. The van der Waals surface area contributed by atoms with Crippen LogP contribution in [0.15, 0.2) is 65.6 Å². The number of hydrogen-bond donors (Lipinski definition) is 2. The van der Waals surface area contributed by atoms with E-state index in [0.717, 1.165) is 6.07 Å². The first-order valence-corrected chi connectivity index (χ1v) is 10.6. The summed E-state index contributed by atoms with van der Waals surface area (Å²) >= 11 is 0. The second-order valence-electron chi connectivity index (χ2n) is 6.89. The van der Waals surface area contributed by atoms with E-state index in [4.69, 9.17) is 5.14 Å². The van der Waals surface area contributed by atoms with Gasteiger partial charge >= 0.3 is 6.18 Å². The summed E-state index contributed by atoms with van der Waals surface area (Å²) in [6.45, 7) is 1.48. The van der Waals surface area contributed by atoms with E-state index in [1.807, 2.05) is 6.07 Å². The number of primary sulfonamides is 1. The van der Waals surface area contributed by atoms with Crippen molar-refractivity contribution >= 4 is 21.6 Å². The van der Waals surface area contributed by atoms with E-state index in [9.17, 15) is 31.6 Å². The van der Waals surface area contributed by atoms with Gasteiger partial charge in [0.05, 0.1) is 22.1 Å². The van der Waals surface area contributed by atoms with E-state index >= 15 is 0 Å². The number of nitrogens with zero attached hydrogens (tertiary/aromatic N) is 1. The summed E-state index contributed by atoms with van der Waals surface area (Å²) in [5, 5.41) is 17.1. The first-order chi connectivity index (χ1) is 14.9. The Morgan fingerprint density at radius 3 is 2.31 bits per heavy atom. The lowest BCUT2D eigenvalue weighted by molar-refractivity contribution is -0.137. The Balaban J connectivity index is 1.94. The summed E-state index contributed by atoms with van der Waals surface area (Å²) in [6.07, 6.45) is -4.60. The van der Waals surface area contributed by atoms with E-state index in [2.05, 4.69) is 5.32 Å². The molecular weight excluding hydrogens is 443 g/mol. The molecule has 3 aromatic carbocycles. The number of carbonyl (C=O) groups excluding carboxylic acids is 1. The van der Waals surface area contributed by atoms with Crippen molar-refractivity contribution in [1.82, 2.24) is 0 Å². The molecule has 0 radical (unpaired) electrons. The van der Waals surface area contributed by atoms with Gasteiger partial charge in [-0.15, -0.1) is 0 Å². The topological polar surface area (TPSA) is 113 Å². The summed E-state index contributed by atoms with van der Waals surface area (Å²) in [6, 6.07) is 14.6. The molecule has 0 aliphatic rings. The summed E-state index contributed by atoms with van der Waals surface area (Å²) in [5.41, 5.74) is -0.404. The van der Waals surface area contributed by atoms with Crippen molar-refractivity contribution in [1.29, 1.82) is 5.26 Å². The lowest BCUT2D eigenvalue weighted by Gasteiger charge is -2.15. The Labute approximate surface area is 182 Å². The first-order valence-electron chi connectivity index (χ1n) is 9.07. The molecule has 3 rings (SSSR count). The minimum atomic E-state index is -4.60. The molecule has 3 N–H and O–H groups in total. The van der Waals surface area contributed by atoms with Crippen molar-refractivity contribution in [3.8, 4) is 17.2 Å². The summed E-state index contributed by atoms with van der Waals surface area (Å²) in [5.74, 6) is -0.596. The largest absolute Gasteiger partial charge is 0.417 e. The standard InChI is InChI=1S/C22H16F3N3O3S/c1-13-10-14(6-9-20(13)32(27,30)31)21(29)28-16-7-8-17(15(11-16)12-26)18-4-2-3-5-19(18)22(23,24)25/h2-11H,1H3,(H,28,29)(H2,27,30,31). The van der Waals surface area contributed by atoms with Crippen molar-refractivity contribution in [3.05, 3.63) is 82.9 Å². The van der Waals surface area contributed by atoms with Gasteiger partial charge in [0, 0.05) is 16.8 Å². The Morgan fingerprint density at radius 1 is 1.03 bits per heavy atom. The highest BCUT2D eigenvalue weighted by molar-refractivity contribution is 7.89. The SMILES string of the molecule is Cc1cc(C(=O)Nc2ccc(-c3ccccc3C(F)(F)F)c(C#N)c2)ccc1S(N)(=O)=O. The van der Waals surface area contributed by atoms with Crippen molar-refractivity contribution in [2.45, 2.75) is 18.0 Å². The van der Waals surface area contributed by atoms with Crippen LogP contribution in [0.3, 0.4) is 0 Å². The molecule has 0 fully saturated rings. The van der Waals surface area contributed by atoms with Gasteiger partial charge in [-0.1, -0.05) is 24.3 Å². The van der Waals surface area contributed by atoms with Crippen molar-refractivity contribution in [3.63, 3.8) is 0 Å². The Kier molecular flexibility index (Phi) is 6.07. The number of hydrogen-bond acceptors (Lipinski definition) is 4. The van der Waals surface area contributed by atoms with Gasteiger partial charge in [-0.2, -0.15) is 18.4 Å². The van der Waals surface area contributed by atoms with E-state index in [1.165, 1.54) is 61.5 Å². The van der Waals surface area contributed by atoms with Crippen LogP contribution in [0.25, 0.3) is 11.1 Å². The van der Waals surface area contributed by atoms with Crippen molar-refractivity contribution < 1.29 is 26.4 Å². The lowest BCUT2D eigenvalue weighted by Crippen LogP contribution is -2.16. The average molecular weight is 459 g/mol. The lowest BCUT2D eigenvalue weighted by atomic mass is 9.95. The maximum absolute atomic E-state index is 13.4. The molecule has 1 amide bonds. The highest BCUT2D eigenvalue weighted by Crippen LogP contribution is 2.38. The monoisotopic (exact) mass is 459 g/mol. The molecule has 3 aromatic rings. The fourth-order valence-electron chi connectivity index (χ4n) is 3.23. The smallest absolute Gasteiger partial charge is 0.322 e. The van der Waals surface area contributed by atoms with Crippen LogP contribution in [0.1, 0.15) is 27.0 Å². The van der Waals surface area contributed by atoms with E-state index in [0.29, 0.717) is 0 Å². The Morgan fingerprint density at radius 2 is 1.72 bits per heavy atom. The molecule has 0 heterocycles. The minimum Gasteiger partial charge on any atom is -0.322 e. The zero-order valence-electron chi connectivity index (χ0n) is 16.6. The summed E-state index contributed by atoms with van der Waals surface area (Å²) < 4.78 is 63.1. The van der Waals surface area contributed by atoms with E-state index in [1.54, 1.807) is 0 Å². The van der Waals surface area contributed by atoms with Gasteiger partial charge in [0.1, 0.15) is 0 Å².